The lowest BCUT2D eigenvalue weighted by Crippen LogP contribution is -2.35. The molecule has 94 valence electrons. The smallest absolute Gasteiger partial charge is 0.241 e. The van der Waals surface area contributed by atoms with Crippen LogP contribution in [0.1, 0.15) is 12.8 Å². The van der Waals surface area contributed by atoms with Crippen molar-refractivity contribution in [2.24, 2.45) is 0 Å². The third-order valence-electron chi connectivity index (χ3n) is 2.57. The number of halogens is 3. The average Bonchev–Trinajstić information content (AvgIpc) is 2.75. The van der Waals surface area contributed by atoms with Crippen LogP contribution >= 0.6 is 12.4 Å². The Morgan fingerprint density at radius 1 is 1.41 bits per heavy atom. The number of hydrogen-bond donors (Lipinski definition) is 2. The van der Waals surface area contributed by atoms with E-state index >= 15 is 0 Å². The van der Waals surface area contributed by atoms with Gasteiger partial charge >= 0.3 is 0 Å². The topological polar surface area (TPSA) is 41.1 Å². The van der Waals surface area contributed by atoms with E-state index in [4.69, 9.17) is 0 Å². The molecule has 1 amide bonds. The predicted octanol–water partition coefficient (Wildman–Crippen LogP) is 2.08. The van der Waals surface area contributed by atoms with E-state index in [9.17, 15) is 13.6 Å². The molecule has 3 nitrogen and oxygen atoms in total. The molecule has 6 heteroatoms. The molecule has 1 aliphatic heterocycles. The molecule has 17 heavy (non-hydrogen) atoms. The summed E-state index contributed by atoms with van der Waals surface area (Å²) in [6.45, 7) is 0.796. The molecule has 1 fully saturated rings. The van der Waals surface area contributed by atoms with Gasteiger partial charge in [0, 0.05) is 6.07 Å². The van der Waals surface area contributed by atoms with E-state index in [0.717, 1.165) is 31.5 Å². The minimum atomic E-state index is -0.758. The second-order valence-electron chi connectivity index (χ2n) is 3.76. The molecular weight excluding hydrogens is 250 g/mol. The Hall–Kier alpha value is -1.20. The summed E-state index contributed by atoms with van der Waals surface area (Å²) >= 11 is 0. The molecule has 0 radical (unpaired) electrons. The highest BCUT2D eigenvalue weighted by Gasteiger charge is 2.22. The molecule has 0 saturated carbocycles. The third-order valence-corrected chi connectivity index (χ3v) is 2.57. The highest BCUT2D eigenvalue weighted by atomic mass is 35.5. The van der Waals surface area contributed by atoms with Crippen LogP contribution in [0.2, 0.25) is 0 Å². The predicted molar refractivity (Wildman–Crippen MR) is 63.3 cm³/mol. The van der Waals surface area contributed by atoms with E-state index in [0.29, 0.717) is 0 Å². The van der Waals surface area contributed by atoms with Gasteiger partial charge in [0.1, 0.15) is 11.6 Å². The summed E-state index contributed by atoms with van der Waals surface area (Å²) in [6.07, 6.45) is 1.68. The molecule has 0 aliphatic carbocycles. The number of anilines is 1. The maximum absolute atomic E-state index is 13.2. The number of carbonyl (C=O) groups excluding carboxylic acids is 1. The molecule has 0 bridgehead atoms. The maximum atomic E-state index is 13.2. The van der Waals surface area contributed by atoms with Crippen molar-refractivity contribution in [1.29, 1.82) is 0 Å². The fourth-order valence-electron chi connectivity index (χ4n) is 1.72. The van der Waals surface area contributed by atoms with E-state index in [-0.39, 0.29) is 30.0 Å². The van der Waals surface area contributed by atoms with Crippen LogP contribution in [-0.4, -0.2) is 18.5 Å². The minimum absolute atomic E-state index is 0. The van der Waals surface area contributed by atoms with Crippen LogP contribution in [0, 0.1) is 11.6 Å². The van der Waals surface area contributed by atoms with Gasteiger partial charge in [-0.05, 0) is 31.5 Å². The Morgan fingerprint density at radius 2 is 2.18 bits per heavy atom. The van der Waals surface area contributed by atoms with Gasteiger partial charge in [-0.25, -0.2) is 8.78 Å². The molecule has 1 saturated heterocycles. The van der Waals surface area contributed by atoms with Crippen LogP contribution < -0.4 is 10.6 Å². The zero-order chi connectivity index (χ0) is 11.5. The second kappa shape index (κ2) is 5.93. The molecule has 1 aliphatic rings. The zero-order valence-corrected chi connectivity index (χ0v) is 9.82. The Balaban J connectivity index is 0.00000144. The number of benzene rings is 1. The lowest BCUT2D eigenvalue weighted by Gasteiger charge is -2.11. The average molecular weight is 263 g/mol. The van der Waals surface area contributed by atoms with Crippen molar-refractivity contribution in [3.8, 4) is 0 Å². The second-order valence-corrected chi connectivity index (χ2v) is 3.76. The van der Waals surface area contributed by atoms with E-state index < -0.39 is 11.6 Å². The molecule has 0 spiro atoms. The Morgan fingerprint density at radius 3 is 2.76 bits per heavy atom. The first kappa shape index (κ1) is 13.9. The summed E-state index contributed by atoms with van der Waals surface area (Å²) in [6, 6.07) is 2.81. The van der Waals surface area contributed by atoms with Crippen molar-refractivity contribution < 1.29 is 13.6 Å². The molecule has 1 atom stereocenters. The molecule has 2 N–H and O–H groups in total. The van der Waals surface area contributed by atoms with Gasteiger partial charge in [0.25, 0.3) is 0 Å². The van der Waals surface area contributed by atoms with Crippen LogP contribution in [0.15, 0.2) is 18.2 Å². The van der Waals surface area contributed by atoms with Crippen molar-refractivity contribution in [1.82, 2.24) is 5.32 Å². The molecule has 0 unspecified atom stereocenters. The van der Waals surface area contributed by atoms with E-state index in [1.165, 1.54) is 6.07 Å². The monoisotopic (exact) mass is 262 g/mol. The van der Waals surface area contributed by atoms with Gasteiger partial charge in [-0.15, -0.1) is 12.4 Å². The van der Waals surface area contributed by atoms with Gasteiger partial charge in [0.2, 0.25) is 5.91 Å². The summed E-state index contributed by atoms with van der Waals surface area (Å²) in [7, 11) is 0. The molecule has 2 rings (SSSR count). The van der Waals surface area contributed by atoms with Gasteiger partial charge in [0.05, 0.1) is 11.7 Å². The molecule has 0 aromatic heterocycles. The summed E-state index contributed by atoms with van der Waals surface area (Å²) < 4.78 is 25.8. The highest BCUT2D eigenvalue weighted by molar-refractivity contribution is 5.95. The van der Waals surface area contributed by atoms with E-state index in [1.54, 1.807) is 0 Å². The normalized spacial score (nSPS) is 18.6. The Labute approximate surface area is 104 Å². The van der Waals surface area contributed by atoms with Crippen LogP contribution in [0.3, 0.4) is 0 Å². The fourth-order valence-corrected chi connectivity index (χ4v) is 1.72. The highest BCUT2D eigenvalue weighted by Crippen LogP contribution is 2.16. The number of hydrogen-bond acceptors (Lipinski definition) is 2. The lowest BCUT2D eigenvalue weighted by atomic mass is 10.2. The molecule has 1 aromatic carbocycles. The van der Waals surface area contributed by atoms with Crippen molar-refractivity contribution in [2.45, 2.75) is 18.9 Å². The lowest BCUT2D eigenvalue weighted by molar-refractivity contribution is -0.117. The first-order valence-electron chi connectivity index (χ1n) is 5.16. The maximum Gasteiger partial charge on any atom is 0.241 e. The quantitative estimate of drug-likeness (QED) is 0.857. The summed E-state index contributed by atoms with van der Waals surface area (Å²) in [5, 5.41) is 5.44. The van der Waals surface area contributed by atoms with Crippen molar-refractivity contribution in [3.63, 3.8) is 0 Å². The van der Waals surface area contributed by atoms with E-state index in [1.807, 2.05) is 0 Å². The molecule has 1 heterocycles. The van der Waals surface area contributed by atoms with Gasteiger partial charge in [-0.3, -0.25) is 4.79 Å². The van der Waals surface area contributed by atoms with Crippen LogP contribution in [-0.2, 0) is 4.79 Å². The number of carbonyl (C=O) groups is 1. The minimum Gasteiger partial charge on any atom is -0.322 e. The molecule has 1 aromatic rings. The van der Waals surface area contributed by atoms with Crippen LogP contribution in [0.5, 0.6) is 0 Å². The first-order valence-corrected chi connectivity index (χ1v) is 5.16. The fraction of sp³-hybridized carbons (Fsp3) is 0.364. The van der Waals surface area contributed by atoms with Crippen molar-refractivity contribution >= 4 is 24.0 Å². The zero-order valence-electron chi connectivity index (χ0n) is 9.00. The van der Waals surface area contributed by atoms with Crippen LogP contribution in [0.25, 0.3) is 0 Å². The third kappa shape index (κ3) is 3.38. The summed E-state index contributed by atoms with van der Waals surface area (Å²) in [4.78, 5) is 11.6. The first-order chi connectivity index (χ1) is 7.66. The van der Waals surface area contributed by atoms with Crippen molar-refractivity contribution in [3.05, 3.63) is 29.8 Å². The molecular formula is C11H13ClF2N2O. The van der Waals surface area contributed by atoms with Gasteiger partial charge < -0.3 is 10.6 Å². The van der Waals surface area contributed by atoms with Crippen molar-refractivity contribution in [2.75, 3.05) is 11.9 Å². The summed E-state index contributed by atoms with van der Waals surface area (Å²) in [5.41, 5.74) is 0.0140. The van der Waals surface area contributed by atoms with Gasteiger partial charge in [-0.2, -0.15) is 0 Å². The Kier molecular flexibility index (Phi) is 4.84. The largest absolute Gasteiger partial charge is 0.322 e. The van der Waals surface area contributed by atoms with Gasteiger partial charge in [-0.1, -0.05) is 0 Å². The number of rotatable bonds is 2. The SMILES string of the molecule is Cl.O=C(Nc1ccc(F)cc1F)[C@@H]1CCCN1. The number of amides is 1. The Bertz CT molecular complexity index is 408. The van der Waals surface area contributed by atoms with Crippen LogP contribution in [0.4, 0.5) is 14.5 Å². The number of nitrogens with one attached hydrogen (secondary N) is 2. The van der Waals surface area contributed by atoms with E-state index in [2.05, 4.69) is 10.6 Å². The standard InChI is InChI=1S/C11H12F2N2O.ClH/c12-7-3-4-9(8(13)6-7)15-11(16)10-2-1-5-14-10;/h3-4,6,10,14H,1-2,5H2,(H,15,16);1H/t10-;/m0./s1. The van der Waals surface area contributed by atoms with Gasteiger partial charge in [0.15, 0.2) is 0 Å². The summed E-state index contributed by atoms with van der Waals surface area (Å²) in [5.74, 6) is -1.69.